The molecule has 0 bridgehead atoms. The molecule has 10 heteroatoms. The molecule has 2 atom stereocenters. The summed E-state index contributed by atoms with van der Waals surface area (Å²) < 4.78 is 19.9. The number of fused-ring (bicyclic) bond motifs is 1. The second kappa shape index (κ2) is 7.48. The van der Waals surface area contributed by atoms with Crippen molar-refractivity contribution in [1.82, 2.24) is 14.9 Å². The van der Waals surface area contributed by atoms with Crippen LogP contribution in [0.1, 0.15) is 31.5 Å². The van der Waals surface area contributed by atoms with E-state index in [1.807, 2.05) is 11.9 Å². The van der Waals surface area contributed by atoms with Crippen LogP contribution in [0.15, 0.2) is 6.07 Å². The number of anilines is 1. The lowest BCUT2D eigenvalue weighted by Gasteiger charge is -2.31. The van der Waals surface area contributed by atoms with E-state index < -0.39 is 13.3 Å². The highest BCUT2D eigenvalue weighted by atomic mass is 35.5. The van der Waals surface area contributed by atoms with Gasteiger partial charge in [-0.25, -0.2) is 14.4 Å². The molecule has 1 aromatic heterocycles. The van der Waals surface area contributed by atoms with E-state index in [9.17, 15) is 14.4 Å². The van der Waals surface area contributed by atoms with E-state index in [0.29, 0.717) is 55.0 Å². The van der Waals surface area contributed by atoms with Crippen molar-refractivity contribution in [3.05, 3.63) is 16.9 Å². The number of benzene rings is 1. The van der Waals surface area contributed by atoms with Crippen molar-refractivity contribution in [2.24, 2.45) is 0 Å². The normalized spacial score (nSPS) is 26.0. The molecule has 4 heterocycles. The number of rotatable bonds is 4. The summed E-state index contributed by atoms with van der Waals surface area (Å²) in [6.07, 6.45) is 3.40. The molecule has 0 spiro atoms. The minimum absolute atomic E-state index is 0.0848. The van der Waals surface area contributed by atoms with Crippen LogP contribution < -0.4 is 15.1 Å². The molecular weight excluding hydrogens is 410 g/mol. The van der Waals surface area contributed by atoms with Crippen LogP contribution in [-0.4, -0.2) is 77.0 Å². The highest BCUT2D eigenvalue weighted by Crippen LogP contribution is 2.43. The van der Waals surface area contributed by atoms with Crippen molar-refractivity contribution in [2.45, 2.75) is 43.8 Å². The van der Waals surface area contributed by atoms with Gasteiger partial charge in [0.05, 0.1) is 22.5 Å². The SMILES string of the molecule is CN1CCOc2c(Cl)c(B(O)O)cc3nc(CC[C@@]45CCCN4C[C@H](F)C5)nc1c23. The average molecular weight is 435 g/mol. The third kappa shape index (κ3) is 3.23. The molecule has 0 saturated carbocycles. The van der Waals surface area contributed by atoms with Gasteiger partial charge in [-0.3, -0.25) is 4.90 Å². The summed E-state index contributed by atoms with van der Waals surface area (Å²) in [7, 11) is 0.213. The molecule has 0 radical (unpaired) electrons. The third-order valence-corrected chi connectivity index (χ3v) is 7.21. The molecule has 0 unspecified atom stereocenters. The number of nitrogens with zero attached hydrogens (tertiary/aromatic N) is 4. The molecule has 30 heavy (non-hydrogen) atoms. The van der Waals surface area contributed by atoms with Crippen molar-refractivity contribution < 1.29 is 19.2 Å². The first kappa shape index (κ1) is 20.2. The van der Waals surface area contributed by atoms with Gasteiger partial charge in [-0.05, 0) is 38.3 Å². The molecule has 1 aromatic carbocycles. The molecule has 0 amide bonds. The maximum Gasteiger partial charge on any atom is 0.490 e. The molecule has 2 N–H and O–H groups in total. The van der Waals surface area contributed by atoms with Gasteiger partial charge >= 0.3 is 7.12 Å². The van der Waals surface area contributed by atoms with Gasteiger partial charge in [-0.2, -0.15) is 0 Å². The minimum atomic E-state index is -1.73. The first-order valence-corrected chi connectivity index (χ1v) is 10.9. The summed E-state index contributed by atoms with van der Waals surface area (Å²) in [6.45, 7) is 2.51. The number of halogens is 2. The maximum absolute atomic E-state index is 14.1. The van der Waals surface area contributed by atoms with Crippen LogP contribution in [0, 0.1) is 0 Å². The summed E-state index contributed by atoms with van der Waals surface area (Å²) in [6, 6.07) is 1.59. The fourth-order valence-electron chi connectivity index (χ4n) is 5.34. The van der Waals surface area contributed by atoms with E-state index in [2.05, 4.69) is 4.90 Å². The van der Waals surface area contributed by atoms with Crippen molar-refractivity contribution in [1.29, 1.82) is 0 Å². The number of hydrogen-bond donors (Lipinski definition) is 2. The van der Waals surface area contributed by atoms with Crippen LogP contribution in [0.4, 0.5) is 10.2 Å². The monoisotopic (exact) mass is 434 g/mol. The number of ether oxygens (including phenoxy) is 1. The molecule has 160 valence electrons. The number of alkyl halides is 1. The molecule has 5 rings (SSSR count). The number of hydrogen-bond acceptors (Lipinski definition) is 7. The van der Waals surface area contributed by atoms with Crippen LogP contribution in [0.2, 0.25) is 5.02 Å². The summed E-state index contributed by atoms with van der Waals surface area (Å²) in [5.41, 5.74) is 0.649. The molecule has 3 aliphatic rings. The van der Waals surface area contributed by atoms with Crippen molar-refractivity contribution >= 4 is 40.9 Å². The van der Waals surface area contributed by atoms with Gasteiger partial charge in [-0.15, -0.1) is 0 Å². The van der Waals surface area contributed by atoms with Gasteiger partial charge in [-0.1, -0.05) is 11.6 Å². The predicted molar refractivity (Wildman–Crippen MR) is 115 cm³/mol. The van der Waals surface area contributed by atoms with Crippen LogP contribution in [0.5, 0.6) is 5.75 Å². The largest absolute Gasteiger partial charge is 0.490 e. The van der Waals surface area contributed by atoms with E-state index in [4.69, 9.17) is 26.3 Å². The van der Waals surface area contributed by atoms with Gasteiger partial charge in [0.15, 0.2) is 5.75 Å². The number of aryl methyl sites for hydroxylation is 1. The van der Waals surface area contributed by atoms with E-state index in [0.717, 1.165) is 31.6 Å². The lowest BCUT2D eigenvalue weighted by molar-refractivity contribution is 0.181. The fourth-order valence-corrected chi connectivity index (χ4v) is 5.65. The zero-order valence-electron chi connectivity index (χ0n) is 16.9. The molecule has 2 fully saturated rings. The Bertz CT molecular complexity index is 996. The summed E-state index contributed by atoms with van der Waals surface area (Å²) in [5.74, 6) is 1.78. The summed E-state index contributed by atoms with van der Waals surface area (Å²) >= 11 is 6.41. The number of aromatic nitrogens is 2. The van der Waals surface area contributed by atoms with Crippen LogP contribution in [0.3, 0.4) is 0 Å². The lowest BCUT2D eigenvalue weighted by Crippen LogP contribution is -2.38. The van der Waals surface area contributed by atoms with Crippen LogP contribution >= 0.6 is 11.6 Å². The first-order chi connectivity index (χ1) is 14.4. The molecule has 0 aliphatic carbocycles. The maximum atomic E-state index is 14.1. The minimum Gasteiger partial charge on any atom is -0.489 e. The molecular formula is C20H25BClFN4O3. The first-order valence-electron chi connectivity index (χ1n) is 10.5. The van der Waals surface area contributed by atoms with Crippen molar-refractivity contribution in [3.63, 3.8) is 0 Å². The fraction of sp³-hybridized carbons (Fsp3) is 0.600. The van der Waals surface area contributed by atoms with Crippen molar-refractivity contribution in [3.8, 4) is 5.75 Å². The summed E-state index contributed by atoms with van der Waals surface area (Å²) in [4.78, 5) is 13.8. The van der Waals surface area contributed by atoms with Gasteiger partial charge in [0.1, 0.15) is 24.4 Å². The highest BCUT2D eigenvalue weighted by Gasteiger charge is 2.48. The zero-order chi connectivity index (χ0) is 21.0. The van der Waals surface area contributed by atoms with E-state index in [1.165, 1.54) is 0 Å². The highest BCUT2D eigenvalue weighted by molar-refractivity contribution is 6.63. The predicted octanol–water partition coefficient (Wildman–Crippen LogP) is 1.30. The smallest absolute Gasteiger partial charge is 0.489 e. The van der Waals surface area contributed by atoms with Crippen molar-refractivity contribution in [2.75, 3.05) is 38.2 Å². The Morgan fingerprint density at radius 2 is 2.20 bits per heavy atom. The van der Waals surface area contributed by atoms with Gasteiger partial charge in [0.2, 0.25) is 0 Å². The van der Waals surface area contributed by atoms with Gasteiger partial charge in [0.25, 0.3) is 0 Å². The Hall–Kier alpha value is -1.68. The number of likely N-dealkylation sites (N-methyl/N-ethyl adjacent to an activating group) is 1. The van der Waals surface area contributed by atoms with E-state index in [1.54, 1.807) is 6.07 Å². The average Bonchev–Trinajstić information content (AvgIpc) is 3.16. The summed E-state index contributed by atoms with van der Waals surface area (Å²) in [5, 5.41) is 20.4. The van der Waals surface area contributed by atoms with Crippen LogP contribution in [0.25, 0.3) is 10.9 Å². The second-order valence-corrected chi connectivity index (χ2v) is 9.06. The third-order valence-electron chi connectivity index (χ3n) is 6.82. The second-order valence-electron chi connectivity index (χ2n) is 8.69. The molecule has 2 aromatic rings. The zero-order valence-corrected chi connectivity index (χ0v) is 17.7. The van der Waals surface area contributed by atoms with Crippen LogP contribution in [-0.2, 0) is 6.42 Å². The molecule has 7 nitrogen and oxygen atoms in total. The van der Waals surface area contributed by atoms with Gasteiger partial charge in [0, 0.05) is 31.0 Å². The van der Waals surface area contributed by atoms with E-state index >= 15 is 0 Å². The topological polar surface area (TPSA) is 82.0 Å². The Morgan fingerprint density at radius 1 is 1.37 bits per heavy atom. The van der Waals surface area contributed by atoms with E-state index in [-0.39, 0.29) is 16.0 Å². The molecule has 3 aliphatic heterocycles. The Balaban J connectivity index is 1.55. The quantitative estimate of drug-likeness (QED) is 0.702. The Labute approximate surface area is 179 Å². The Morgan fingerprint density at radius 3 is 3.00 bits per heavy atom. The lowest BCUT2D eigenvalue weighted by atomic mass is 9.79. The Kier molecular flexibility index (Phi) is 5.04. The van der Waals surface area contributed by atoms with Gasteiger partial charge < -0.3 is 19.7 Å². The standard InChI is InChI=1S/C20H25BClFN4O3/c1-26-7-8-30-18-16-14(9-13(17(18)22)21(28)29)24-15(25-19(16)26)3-5-20-4-2-6-27(20)11-12(23)10-20/h9,12,28-29H,2-8,10-11H2,1H3/t12-,20-/m1/s1. The molecule has 2 saturated heterocycles.